The van der Waals surface area contributed by atoms with Gasteiger partial charge < -0.3 is 20.9 Å². The standard InChI is InChI=1S/C16H24N4O/c1-19(2)15-4-3-12(17)9-13(15)16(21)18-14-10-20-7-5-11(14)6-8-20/h3-4,9,11,14H,5-8,10,17H2,1-2H3,(H,18,21). The van der Waals surface area contributed by atoms with E-state index in [2.05, 4.69) is 10.2 Å². The number of benzene rings is 1. The second-order valence-electron chi connectivity index (χ2n) is 6.39. The Kier molecular flexibility index (Phi) is 3.76. The molecule has 5 heteroatoms. The Balaban J connectivity index is 1.78. The molecular weight excluding hydrogens is 264 g/mol. The first-order chi connectivity index (χ1) is 10.0. The third kappa shape index (κ3) is 2.83. The zero-order valence-corrected chi connectivity index (χ0v) is 12.8. The van der Waals surface area contributed by atoms with Crippen LogP contribution in [0.4, 0.5) is 11.4 Å². The van der Waals surface area contributed by atoms with Crippen LogP contribution in [0.3, 0.4) is 0 Å². The molecule has 1 aromatic rings. The molecule has 3 fully saturated rings. The summed E-state index contributed by atoms with van der Waals surface area (Å²) in [6.45, 7) is 3.34. The van der Waals surface area contributed by atoms with E-state index in [1.807, 2.05) is 31.1 Å². The number of hydrogen-bond donors (Lipinski definition) is 2. The van der Waals surface area contributed by atoms with E-state index in [1.54, 1.807) is 6.07 Å². The number of nitrogens with zero attached hydrogens (tertiary/aromatic N) is 2. The minimum Gasteiger partial charge on any atom is -0.399 e. The molecule has 3 heterocycles. The van der Waals surface area contributed by atoms with Crippen LogP contribution in [-0.4, -0.2) is 50.6 Å². The Labute approximate surface area is 126 Å². The second-order valence-corrected chi connectivity index (χ2v) is 6.39. The minimum absolute atomic E-state index is 0.00949. The highest BCUT2D eigenvalue weighted by Gasteiger charge is 2.35. The van der Waals surface area contributed by atoms with Gasteiger partial charge in [-0.2, -0.15) is 0 Å². The fraction of sp³-hybridized carbons (Fsp3) is 0.562. The molecular formula is C16H24N4O. The summed E-state index contributed by atoms with van der Waals surface area (Å²) in [4.78, 5) is 17.0. The van der Waals surface area contributed by atoms with Crippen LogP contribution in [0.1, 0.15) is 23.2 Å². The van der Waals surface area contributed by atoms with Crippen molar-refractivity contribution in [3.05, 3.63) is 23.8 Å². The molecule has 0 radical (unpaired) electrons. The number of nitrogens with two attached hydrogens (primary N) is 1. The molecule has 0 aliphatic carbocycles. The predicted molar refractivity (Wildman–Crippen MR) is 85.6 cm³/mol. The summed E-state index contributed by atoms with van der Waals surface area (Å²) in [5.74, 6) is 0.618. The van der Waals surface area contributed by atoms with Crippen molar-refractivity contribution in [3.63, 3.8) is 0 Å². The van der Waals surface area contributed by atoms with Crippen LogP contribution in [0.2, 0.25) is 0 Å². The quantitative estimate of drug-likeness (QED) is 0.819. The van der Waals surface area contributed by atoms with Crippen LogP contribution in [0.15, 0.2) is 18.2 Å². The third-order valence-corrected chi connectivity index (χ3v) is 4.72. The van der Waals surface area contributed by atoms with Crippen molar-refractivity contribution in [3.8, 4) is 0 Å². The maximum absolute atomic E-state index is 12.7. The number of fused-ring (bicyclic) bond motifs is 3. The summed E-state index contributed by atoms with van der Waals surface area (Å²) in [6.07, 6.45) is 2.39. The van der Waals surface area contributed by atoms with Crippen LogP contribution >= 0.6 is 0 Å². The monoisotopic (exact) mass is 288 g/mol. The molecule has 4 rings (SSSR count). The molecule has 5 nitrogen and oxygen atoms in total. The van der Waals surface area contributed by atoms with Crippen molar-refractivity contribution in [2.24, 2.45) is 5.92 Å². The lowest BCUT2D eigenvalue weighted by molar-refractivity contribution is 0.0621. The van der Waals surface area contributed by atoms with Crippen LogP contribution in [0, 0.1) is 5.92 Å². The average Bonchev–Trinajstić information content (AvgIpc) is 2.48. The molecule has 114 valence electrons. The molecule has 1 atom stereocenters. The minimum atomic E-state index is -0.00949. The van der Waals surface area contributed by atoms with Crippen molar-refractivity contribution in [2.45, 2.75) is 18.9 Å². The van der Waals surface area contributed by atoms with Gasteiger partial charge in [0.25, 0.3) is 5.91 Å². The van der Waals surface area contributed by atoms with E-state index in [9.17, 15) is 4.79 Å². The van der Waals surface area contributed by atoms with Gasteiger partial charge in [-0.05, 0) is 50.0 Å². The van der Waals surface area contributed by atoms with Gasteiger partial charge in [0.15, 0.2) is 0 Å². The van der Waals surface area contributed by atoms with Gasteiger partial charge in [-0.15, -0.1) is 0 Å². The zero-order valence-electron chi connectivity index (χ0n) is 12.8. The fourth-order valence-corrected chi connectivity index (χ4v) is 3.50. The number of carbonyl (C=O) groups excluding carboxylic acids is 1. The smallest absolute Gasteiger partial charge is 0.253 e. The van der Waals surface area contributed by atoms with Gasteiger partial charge >= 0.3 is 0 Å². The fourth-order valence-electron chi connectivity index (χ4n) is 3.50. The average molecular weight is 288 g/mol. The maximum atomic E-state index is 12.7. The van der Waals surface area contributed by atoms with Gasteiger partial charge in [0.2, 0.25) is 0 Å². The predicted octanol–water partition coefficient (Wildman–Crippen LogP) is 1.16. The summed E-state index contributed by atoms with van der Waals surface area (Å²) in [5, 5.41) is 3.23. The lowest BCUT2D eigenvalue weighted by Crippen LogP contribution is -2.57. The molecule has 1 unspecified atom stereocenters. The Morgan fingerprint density at radius 1 is 1.33 bits per heavy atom. The van der Waals surface area contributed by atoms with Crippen molar-refractivity contribution < 1.29 is 4.79 Å². The number of amides is 1. The summed E-state index contributed by atoms with van der Waals surface area (Å²) >= 11 is 0. The maximum Gasteiger partial charge on any atom is 0.253 e. The van der Waals surface area contributed by atoms with Gasteiger partial charge in [0, 0.05) is 38.1 Å². The molecule has 3 aliphatic heterocycles. The molecule has 3 saturated heterocycles. The van der Waals surface area contributed by atoms with Crippen LogP contribution in [0.5, 0.6) is 0 Å². The van der Waals surface area contributed by atoms with Crippen LogP contribution in [-0.2, 0) is 0 Å². The SMILES string of the molecule is CN(C)c1ccc(N)cc1C(=O)NC1CN2CCC1CC2. The van der Waals surface area contributed by atoms with E-state index in [0.29, 0.717) is 17.2 Å². The van der Waals surface area contributed by atoms with Crippen molar-refractivity contribution in [1.82, 2.24) is 10.2 Å². The normalized spacial score (nSPS) is 27.4. The van der Waals surface area contributed by atoms with E-state index in [-0.39, 0.29) is 11.9 Å². The summed E-state index contributed by atoms with van der Waals surface area (Å²) in [7, 11) is 3.88. The molecule has 2 bridgehead atoms. The molecule has 21 heavy (non-hydrogen) atoms. The molecule has 3 N–H and O–H groups in total. The number of hydrogen-bond acceptors (Lipinski definition) is 4. The Hall–Kier alpha value is -1.75. The Morgan fingerprint density at radius 2 is 2.05 bits per heavy atom. The van der Waals surface area contributed by atoms with E-state index in [4.69, 9.17) is 5.73 Å². The van der Waals surface area contributed by atoms with Gasteiger partial charge in [-0.1, -0.05) is 0 Å². The first kappa shape index (κ1) is 14.2. The van der Waals surface area contributed by atoms with Crippen LogP contribution in [0.25, 0.3) is 0 Å². The first-order valence-corrected chi connectivity index (χ1v) is 7.64. The number of carbonyl (C=O) groups is 1. The second kappa shape index (κ2) is 5.56. The van der Waals surface area contributed by atoms with Gasteiger partial charge in [0.1, 0.15) is 0 Å². The summed E-state index contributed by atoms with van der Waals surface area (Å²) in [6, 6.07) is 5.78. The topological polar surface area (TPSA) is 61.6 Å². The van der Waals surface area contributed by atoms with Crippen molar-refractivity contribution in [2.75, 3.05) is 44.4 Å². The molecule has 0 spiro atoms. The zero-order chi connectivity index (χ0) is 15.0. The number of anilines is 2. The molecule has 3 aliphatic rings. The van der Waals surface area contributed by atoms with Gasteiger partial charge in [0.05, 0.1) is 5.56 Å². The summed E-state index contributed by atoms with van der Waals surface area (Å²) < 4.78 is 0. The largest absolute Gasteiger partial charge is 0.399 e. The lowest BCUT2D eigenvalue weighted by Gasteiger charge is -2.45. The van der Waals surface area contributed by atoms with Crippen LogP contribution < -0.4 is 16.0 Å². The van der Waals surface area contributed by atoms with Crippen molar-refractivity contribution >= 4 is 17.3 Å². The number of rotatable bonds is 3. The first-order valence-electron chi connectivity index (χ1n) is 7.64. The number of nitrogens with one attached hydrogen (secondary N) is 1. The van der Waals surface area contributed by atoms with Crippen molar-refractivity contribution in [1.29, 1.82) is 0 Å². The highest BCUT2D eigenvalue weighted by molar-refractivity contribution is 6.00. The molecule has 0 saturated carbocycles. The molecule has 1 amide bonds. The van der Waals surface area contributed by atoms with Gasteiger partial charge in [-0.25, -0.2) is 0 Å². The van der Waals surface area contributed by atoms with Gasteiger partial charge in [-0.3, -0.25) is 4.79 Å². The third-order valence-electron chi connectivity index (χ3n) is 4.72. The number of piperidine rings is 3. The van der Waals surface area contributed by atoms with E-state index in [0.717, 1.165) is 12.2 Å². The molecule has 0 aromatic heterocycles. The number of nitrogen functional groups attached to an aromatic ring is 1. The van der Waals surface area contributed by atoms with E-state index < -0.39 is 0 Å². The van der Waals surface area contributed by atoms with E-state index in [1.165, 1.54) is 25.9 Å². The molecule has 1 aromatic carbocycles. The van der Waals surface area contributed by atoms with E-state index >= 15 is 0 Å². The lowest BCUT2D eigenvalue weighted by atomic mass is 9.84. The summed E-state index contributed by atoms with van der Waals surface area (Å²) in [5.41, 5.74) is 8.05. The Bertz CT molecular complexity index is 535. The highest BCUT2D eigenvalue weighted by Crippen LogP contribution is 2.28. The highest BCUT2D eigenvalue weighted by atomic mass is 16.1. The Morgan fingerprint density at radius 3 is 2.62 bits per heavy atom.